The zero-order valence-electron chi connectivity index (χ0n) is 12.1. The minimum atomic E-state index is -3.30. The van der Waals surface area contributed by atoms with Gasteiger partial charge in [-0.2, -0.15) is 0 Å². The fourth-order valence-electron chi connectivity index (χ4n) is 2.07. The van der Waals surface area contributed by atoms with Crippen molar-refractivity contribution in [2.24, 2.45) is 0 Å². The first-order valence-electron chi connectivity index (χ1n) is 6.35. The molecule has 0 amide bonds. The number of hydrogen-bond acceptors (Lipinski definition) is 4. The van der Waals surface area contributed by atoms with Crippen LogP contribution in [0.25, 0.3) is 10.1 Å². The van der Waals surface area contributed by atoms with Gasteiger partial charge in [-0.15, -0.1) is 11.3 Å². The van der Waals surface area contributed by atoms with Gasteiger partial charge in [0.1, 0.15) is 5.02 Å². The van der Waals surface area contributed by atoms with Gasteiger partial charge in [-0.3, -0.25) is 4.79 Å². The number of carboxylic acids is 1. The quantitative estimate of drug-likeness (QED) is 0.744. The van der Waals surface area contributed by atoms with Crippen molar-refractivity contribution >= 4 is 50.6 Å². The second kappa shape index (κ2) is 6.67. The first-order chi connectivity index (χ1) is 10.7. The molecule has 0 saturated carbocycles. The Kier molecular flexibility index (Phi) is 5.23. The van der Waals surface area contributed by atoms with Gasteiger partial charge in [0.2, 0.25) is 0 Å². The summed E-state index contributed by atoms with van der Waals surface area (Å²) in [5.41, 5.74) is 0. The Morgan fingerprint density at radius 2 is 1.83 bits per heavy atom. The predicted molar refractivity (Wildman–Crippen MR) is 85.7 cm³/mol. The largest absolute Gasteiger partial charge is 0.491 e. The van der Waals surface area contributed by atoms with Crippen LogP contribution in [-0.2, 0) is 10.7 Å². The number of carbonyl (C=O) groups is 1. The zero-order chi connectivity index (χ0) is 17.4. The molecule has 2 aromatic rings. The number of aliphatic carboxylic acids is 1. The summed E-state index contributed by atoms with van der Waals surface area (Å²) < 4.78 is 39.0. The molecule has 0 aliphatic rings. The van der Waals surface area contributed by atoms with Gasteiger partial charge in [0.15, 0.2) is 11.5 Å². The molecule has 9 heteroatoms. The molecule has 23 heavy (non-hydrogen) atoms. The van der Waals surface area contributed by atoms with Gasteiger partial charge in [-0.05, 0) is 6.07 Å². The molecule has 0 aliphatic heterocycles. The molecule has 4 nitrogen and oxygen atoms in total. The highest BCUT2D eigenvalue weighted by Gasteiger charge is 2.35. The lowest BCUT2D eigenvalue weighted by Gasteiger charge is -2.12. The zero-order valence-corrected chi connectivity index (χ0v) is 14.4. The molecular weight excluding hydrogens is 373 g/mol. The molecule has 1 N–H and O–H groups in total. The second-order valence-electron chi connectivity index (χ2n) is 4.65. The van der Waals surface area contributed by atoms with Crippen LogP contribution in [0.3, 0.4) is 0 Å². The summed E-state index contributed by atoms with van der Waals surface area (Å²) in [5.74, 6) is -4.26. The SMILES string of the molecule is COc1c(OC)c(Cl)c2sc(C(F)(F)CCC(=O)O)cc2c1Cl. The number of alkyl halides is 2. The van der Waals surface area contributed by atoms with Crippen LogP contribution in [-0.4, -0.2) is 25.3 Å². The van der Waals surface area contributed by atoms with E-state index in [4.69, 9.17) is 37.8 Å². The summed E-state index contributed by atoms with van der Waals surface area (Å²) in [7, 11) is 2.72. The molecule has 0 atom stereocenters. The summed E-state index contributed by atoms with van der Waals surface area (Å²) in [6.45, 7) is 0. The van der Waals surface area contributed by atoms with Crippen LogP contribution in [0.5, 0.6) is 11.5 Å². The highest BCUT2D eigenvalue weighted by Crippen LogP contribution is 2.52. The maximum atomic E-state index is 14.2. The minimum Gasteiger partial charge on any atom is -0.491 e. The predicted octanol–water partition coefficient (Wildman–Crippen LogP) is 5.18. The summed E-state index contributed by atoms with van der Waals surface area (Å²) in [5, 5.41) is 9.12. The van der Waals surface area contributed by atoms with E-state index in [2.05, 4.69) is 0 Å². The Balaban J connectivity index is 2.60. The number of methoxy groups -OCH3 is 2. The van der Waals surface area contributed by atoms with Crippen LogP contribution in [0, 0.1) is 0 Å². The summed E-state index contributed by atoms with van der Waals surface area (Å²) in [6.07, 6.45) is -1.45. The topological polar surface area (TPSA) is 55.8 Å². The van der Waals surface area contributed by atoms with Crippen molar-refractivity contribution in [3.05, 3.63) is 21.0 Å². The van der Waals surface area contributed by atoms with E-state index in [1.165, 1.54) is 20.3 Å². The number of halogens is 4. The van der Waals surface area contributed by atoms with Crippen molar-refractivity contribution in [1.29, 1.82) is 0 Å². The molecule has 0 saturated heterocycles. The second-order valence-corrected chi connectivity index (χ2v) is 6.45. The Labute approximate surface area is 144 Å². The molecule has 1 heterocycles. The summed E-state index contributed by atoms with van der Waals surface area (Å²) >= 11 is 13.1. The van der Waals surface area contributed by atoms with E-state index in [1.54, 1.807) is 0 Å². The van der Waals surface area contributed by atoms with E-state index < -0.39 is 24.7 Å². The number of hydrogen-bond donors (Lipinski definition) is 1. The van der Waals surface area contributed by atoms with E-state index in [-0.39, 0.29) is 26.4 Å². The Hall–Kier alpha value is -1.31. The molecule has 1 aromatic heterocycles. The van der Waals surface area contributed by atoms with Crippen molar-refractivity contribution in [1.82, 2.24) is 0 Å². The number of benzene rings is 1. The number of fused-ring (bicyclic) bond motifs is 1. The summed E-state index contributed by atoms with van der Waals surface area (Å²) in [4.78, 5) is 10.2. The molecule has 0 spiro atoms. The van der Waals surface area contributed by atoms with Gasteiger partial charge >= 0.3 is 5.97 Å². The molecule has 0 fully saturated rings. The van der Waals surface area contributed by atoms with E-state index >= 15 is 0 Å². The van der Waals surface area contributed by atoms with Gasteiger partial charge in [-0.25, -0.2) is 8.78 Å². The maximum Gasteiger partial charge on any atom is 0.303 e. The average molecular weight is 385 g/mol. The molecule has 0 unspecified atom stereocenters. The standard InChI is InChI=1S/C14H12Cl2F2O4S/c1-21-11-9(15)6-5-7(14(17,18)4-3-8(19)20)23-13(6)10(16)12(11)22-2/h5H,3-4H2,1-2H3,(H,19,20). The van der Waals surface area contributed by atoms with Crippen molar-refractivity contribution in [2.45, 2.75) is 18.8 Å². The van der Waals surface area contributed by atoms with Crippen LogP contribution in [0.15, 0.2) is 6.07 Å². The third kappa shape index (κ3) is 3.32. The van der Waals surface area contributed by atoms with Gasteiger partial charge in [0.25, 0.3) is 5.92 Å². The first kappa shape index (κ1) is 18.0. The Morgan fingerprint density at radius 3 is 2.35 bits per heavy atom. The van der Waals surface area contributed by atoms with Crippen molar-refractivity contribution in [3.8, 4) is 11.5 Å². The smallest absolute Gasteiger partial charge is 0.303 e. The lowest BCUT2D eigenvalue weighted by Crippen LogP contribution is -2.13. The molecule has 2 rings (SSSR count). The van der Waals surface area contributed by atoms with Crippen LogP contribution in [0.4, 0.5) is 8.78 Å². The van der Waals surface area contributed by atoms with Gasteiger partial charge < -0.3 is 14.6 Å². The molecule has 0 aliphatic carbocycles. The third-order valence-corrected chi connectivity index (χ3v) is 5.31. The fourth-order valence-corrected chi connectivity index (χ4v) is 3.92. The summed E-state index contributed by atoms with van der Waals surface area (Å²) in [6, 6.07) is 1.21. The maximum absolute atomic E-state index is 14.2. The van der Waals surface area contributed by atoms with Crippen molar-refractivity contribution < 1.29 is 28.2 Å². The number of thiophene rings is 1. The van der Waals surface area contributed by atoms with E-state index in [1.807, 2.05) is 0 Å². The third-order valence-electron chi connectivity index (χ3n) is 3.19. The van der Waals surface area contributed by atoms with Gasteiger partial charge in [-0.1, -0.05) is 23.2 Å². The lowest BCUT2D eigenvalue weighted by atomic mass is 10.1. The number of carboxylic acid groups (broad SMARTS) is 1. The number of rotatable bonds is 6. The molecule has 1 aromatic carbocycles. The van der Waals surface area contributed by atoms with E-state index in [0.717, 1.165) is 11.3 Å². The van der Waals surface area contributed by atoms with Crippen molar-refractivity contribution in [2.75, 3.05) is 14.2 Å². The van der Waals surface area contributed by atoms with E-state index in [0.29, 0.717) is 10.1 Å². The van der Waals surface area contributed by atoms with E-state index in [9.17, 15) is 13.6 Å². The molecule has 126 valence electrons. The minimum absolute atomic E-state index is 0.111. The molecule has 0 bridgehead atoms. The normalized spacial score (nSPS) is 11.7. The Bertz CT molecular complexity index is 714. The van der Waals surface area contributed by atoms with Crippen LogP contribution < -0.4 is 9.47 Å². The average Bonchev–Trinajstić information content (AvgIpc) is 2.95. The highest BCUT2D eigenvalue weighted by molar-refractivity contribution is 7.20. The molecular formula is C14H12Cl2F2O4S. The van der Waals surface area contributed by atoms with Crippen LogP contribution >= 0.6 is 34.5 Å². The van der Waals surface area contributed by atoms with Crippen LogP contribution in [0.1, 0.15) is 17.7 Å². The lowest BCUT2D eigenvalue weighted by molar-refractivity contribution is -0.139. The monoisotopic (exact) mass is 384 g/mol. The Morgan fingerprint density at radius 1 is 1.26 bits per heavy atom. The van der Waals surface area contributed by atoms with Crippen molar-refractivity contribution in [3.63, 3.8) is 0 Å². The fraction of sp³-hybridized carbons (Fsp3) is 0.357. The molecule has 0 radical (unpaired) electrons. The van der Waals surface area contributed by atoms with Gasteiger partial charge in [0.05, 0.1) is 35.2 Å². The first-order valence-corrected chi connectivity index (χ1v) is 7.92. The highest BCUT2D eigenvalue weighted by atomic mass is 35.5. The van der Waals surface area contributed by atoms with Crippen LogP contribution in [0.2, 0.25) is 10.0 Å². The van der Waals surface area contributed by atoms with Gasteiger partial charge in [0, 0.05) is 11.8 Å². The number of ether oxygens (including phenoxy) is 2.